The van der Waals surface area contributed by atoms with Gasteiger partial charge in [-0.3, -0.25) is 0 Å². The number of hydrogen-bond donors (Lipinski definition) is 1. The number of nitrogens with one attached hydrogen (secondary N) is 1. The summed E-state index contributed by atoms with van der Waals surface area (Å²) in [7, 11) is 0. The van der Waals surface area contributed by atoms with Crippen LogP contribution in [0.4, 0.5) is 9.59 Å². The van der Waals surface area contributed by atoms with Crippen LogP contribution in [0, 0.1) is 0 Å². The second-order valence-corrected chi connectivity index (χ2v) is 4.86. The number of amides is 1. The van der Waals surface area contributed by atoms with Gasteiger partial charge in [-0.2, -0.15) is 0 Å². The van der Waals surface area contributed by atoms with Crippen molar-refractivity contribution in [3.8, 4) is 0 Å². The van der Waals surface area contributed by atoms with E-state index >= 15 is 0 Å². The SMILES string of the molecule is O=C(NCc1ccccc1)OCC1OC=CC2OC(=O)OC21. The summed E-state index contributed by atoms with van der Waals surface area (Å²) in [6.07, 6.45) is 0.0127. The van der Waals surface area contributed by atoms with Gasteiger partial charge in [-0.15, -0.1) is 0 Å². The second-order valence-electron chi connectivity index (χ2n) is 4.86. The van der Waals surface area contributed by atoms with Crippen LogP contribution in [0.25, 0.3) is 0 Å². The van der Waals surface area contributed by atoms with Crippen LogP contribution < -0.4 is 5.32 Å². The molecule has 116 valence electrons. The molecule has 2 heterocycles. The van der Waals surface area contributed by atoms with Crippen LogP contribution in [0.5, 0.6) is 0 Å². The Morgan fingerprint density at radius 3 is 2.86 bits per heavy atom. The summed E-state index contributed by atoms with van der Waals surface area (Å²) < 4.78 is 20.3. The lowest BCUT2D eigenvalue weighted by Crippen LogP contribution is -2.42. The van der Waals surface area contributed by atoms with Crippen LogP contribution in [0.15, 0.2) is 42.7 Å². The fraction of sp³-hybridized carbons (Fsp3) is 0.333. The van der Waals surface area contributed by atoms with Crippen molar-refractivity contribution in [1.29, 1.82) is 0 Å². The molecule has 3 unspecified atom stereocenters. The molecule has 2 aliphatic rings. The zero-order chi connectivity index (χ0) is 15.4. The Labute approximate surface area is 126 Å². The number of carbonyl (C=O) groups is 2. The van der Waals surface area contributed by atoms with E-state index in [-0.39, 0.29) is 6.61 Å². The highest BCUT2D eigenvalue weighted by Crippen LogP contribution is 2.25. The largest absolute Gasteiger partial charge is 0.509 e. The Hall–Kier alpha value is -2.70. The third kappa shape index (κ3) is 3.30. The Bertz CT molecular complexity index is 573. The molecule has 0 radical (unpaired) electrons. The number of fused-ring (bicyclic) bond motifs is 1. The van der Waals surface area contributed by atoms with Gasteiger partial charge < -0.3 is 24.3 Å². The van der Waals surface area contributed by atoms with Crippen LogP contribution in [0.3, 0.4) is 0 Å². The van der Waals surface area contributed by atoms with E-state index in [0.29, 0.717) is 6.54 Å². The van der Waals surface area contributed by atoms with E-state index in [2.05, 4.69) is 5.32 Å². The molecular formula is C15H15NO6. The summed E-state index contributed by atoms with van der Waals surface area (Å²) >= 11 is 0. The minimum atomic E-state index is -0.747. The second kappa shape index (κ2) is 6.38. The molecule has 3 atom stereocenters. The molecule has 0 aromatic heterocycles. The van der Waals surface area contributed by atoms with Crippen molar-refractivity contribution in [2.75, 3.05) is 6.61 Å². The topological polar surface area (TPSA) is 83.1 Å². The lowest BCUT2D eigenvalue weighted by molar-refractivity contribution is -0.0350. The van der Waals surface area contributed by atoms with Gasteiger partial charge in [0.25, 0.3) is 0 Å². The monoisotopic (exact) mass is 305 g/mol. The molecule has 1 aromatic rings. The molecule has 1 saturated heterocycles. The van der Waals surface area contributed by atoms with Crippen molar-refractivity contribution in [3.63, 3.8) is 0 Å². The van der Waals surface area contributed by atoms with E-state index in [1.54, 1.807) is 6.08 Å². The fourth-order valence-corrected chi connectivity index (χ4v) is 2.23. The fourth-order valence-electron chi connectivity index (χ4n) is 2.23. The highest BCUT2D eigenvalue weighted by molar-refractivity contribution is 5.67. The van der Waals surface area contributed by atoms with Gasteiger partial charge in [0.05, 0.1) is 6.26 Å². The Balaban J connectivity index is 1.45. The highest BCUT2D eigenvalue weighted by Gasteiger charge is 2.44. The van der Waals surface area contributed by atoms with Gasteiger partial charge >= 0.3 is 12.2 Å². The molecule has 3 rings (SSSR count). The van der Waals surface area contributed by atoms with Crippen LogP contribution >= 0.6 is 0 Å². The minimum absolute atomic E-state index is 0.0389. The number of benzene rings is 1. The van der Waals surface area contributed by atoms with E-state index < -0.39 is 30.6 Å². The van der Waals surface area contributed by atoms with Crippen molar-refractivity contribution < 1.29 is 28.5 Å². The number of alkyl carbamates (subject to hydrolysis) is 1. The number of hydrogen-bond acceptors (Lipinski definition) is 6. The average Bonchev–Trinajstić information content (AvgIpc) is 2.92. The van der Waals surface area contributed by atoms with Crippen LogP contribution in [0.2, 0.25) is 0 Å². The quantitative estimate of drug-likeness (QED) is 0.853. The van der Waals surface area contributed by atoms with Gasteiger partial charge in [-0.25, -0.2) is 9.59 Å². The molecule has 1 N–H and O–H groups in total. The standard InChI is InChI=1S/C15H15NO6/c17-14(16-8-10-4-2-1-3-5-10)20-9-12-13-11(6-7-19-12)21-15(18)22-13/h1-7,11-13H,8-9H2,(H,16,17). The molecule has 7 nitrogen and oxygen atoms in total. The van der Waals surface area contributed by atoms with E-state index in [0.717, 1.165) is 5.56 Å². The summed E-state index contributed by atoms with van der Waals surface area (Å²) in [5, 5.41) is 2.63. The number of ether oxygens (including phenoxy) is 4. The molecule has 2 aliphatic heterocycles. The zero-order valence-corrected chi connectivity index (χ0v) is 11.6. The number of rotatable bonds is 4. The van der Waals surface area contributed by atoms with Crippen LogP contribution in [-0.2, 0) is 25.5 Å². The van der Waals surface area contributed by atoms with Gasteiger partial charge in [-0.05, 0) is 11.6 Å². The molecule has 0 saturated carbocycles. The van der Waals surface area contributed by atoms with Crippen LogP contribution in [0.1, 0.15) is 5.56 Å². The van der Waals surface area contributed by atoms with E-state index in [4.69, 9.17) is 18.9 Å². The third-order valence-electron chi connectivity index (χ3n) is 3.33. The van der Waals surface area contributed by atoms with Gasteiger partial charge in [-0.1, -0.05) is 30.3 Å². The molecule has 0 aliphatic carbocycles. The molecule has 22 heavy (non-hydrogen) atoms. The van der Waals surface area contributed by atoms with Crippen molar-refractivity contribution in [2.45, 2.75) is 24.9 Å². The molecule has 0 bridgehead atoms. The lowest BCUT2D eigenvalue weighted by Gasteiger charge is -2.26. The Kier molecular flexibility index (Phi) is 4.13. The summed E-state index contributed by atoms with van der Waals surface area (Å²) in [6.45, 7) is 0.331. The Morgan fingerprint density at radius 1 is 1.23 bits per heavy atom. The van der Waals surface area contributed by atoms with Crippen LogP contribution in [-0.4, -0.2) is 37.2 Å². The maximum absolute atomic E-state index is 11.7. The molecule has 0 spiro atoms. The summed E-state index contributed by atoms with van der Waals surface area (Å²) in [6, 6.07) is 9.47. The van der Waals surface area contributed by atoms with Gasteiger partial charge in [0.2, 0.25) is 0 Å². The maximum Gasteiger partial charge on any atom is 0.509 e. The highest BCUT2D eigenvalue weighted by atomic mass is 16.8. The molecule has 7 heteroatoms. The van der Waals surface area contributed by atoms with E-state index in [1.807, 2.05) is 30.3 Å². The first-order valence-corrected chi connectivity index (χ1v) is 6.86. The van der Waals surface area contributed by atoms with E-state index in [1.165, 1.54) is 6.26 Å². The minimum Gasteiger partial charge on any atom is -0.491 e. The van der Waals surface area contributed by atoms with Crippen molar-refractivity contribution in [3.05, 3.63) is 48.2 Å². The van der Waals surface area contributed by atoms with Gasteiger partial charge in [0.1, 0.15) is 6.61 Å². The number of carbonyl (C=O) groups excluding carboxylic acids is 2. The first-order chi connectivity index (χ1) is 10.7. The van der Waals surface area contributed by atoms with Gasteiger partial charge in [0.15, 0.2) is 18.3 Å². The molecule has 1 aromatic carbocycles. The molecular weight excluding hydrogens is 290 g/mol. The Morgan fingerprint density at radius 2 is 2.05 bits per heavy atom. The summed E-state index contributed by atoms with van der Waals surface area (Å²) in [5.74, 6) is 0. The first kappa shape index (κ1) is 14.2. The van der Waals surface area contributed by atoms with Crippen molar-refractivity contribution in [2.24, 2.45) is 0 Å². The maximum atomic E-state index is 11.7. The van der Waals surface area contributed by atoms with Crippen molar-refractivity contribution in [1.82, 2.24) is 5.32 Å². The molecule has 1 amide bonds. The zero-order valence-electron chi connectivity index (χ0n) is 11.6. The van der Waals surface area contributed by atoms with E-state index in [9.17, 15) is 9.59 Å². The summed E-state index contributed by atoms with van der Waals surface area (Å²) in [5.41, 5.74) is 0.967. The van der Waals surface area contributed by atoms with Crippen molar-refractivity contribution >= 4 is 12.2 Å². The predicted molar refractivity (Wildman–Crippen MR) is 73.8 cm³/mol. The summed E-state index contributed by atoms with van der Waals surface area (Å²) in [4.78, 5) is 22.8. The molecule has 1 fully saturated rings. The smallest absolute Gasteiger partial charge is 0.491 e. The first-order valence-electron chi connectivity index (χ1n) is 6.86. The average molecular weight is 305 g/mol. The normalized spacial score (nSPS) is 25.5. The lowest BCUT2D eigenvalue weighted by atomic mass is 10.1. The predicted octanol–water partition coefficient (Wildman–Crippen LogP) is 1.73. The third-order valence-corrected chi connectivity index (χ3v) is 3.33. The van der Waals surface area contributed by atoms with Gasteiger partial charge in [0, 0.05) is 6.54 Å².